The summed E-state index contributed by atoms with van der Waals surface area (Å²) >= 11 is 5.95. The van der Waals surface area contributed by atoms with Crippen LogP contribution in [0.4, 0.5) is 0 Å². The van der Waals surface area contributed by atoms with Crippen LogP contribution in [0.5, 0.6) is 0 Å². The number of rotatable bonds is 5. The van der Waals surface area contributed by atoms with E-state index in [2.05, 4.69) is 4.99 Å². The molecule has 0 heterocycles. The van der Waals surface area contributed by atoms with Crippen molar-refractivity contribution < 1.29 is 14.7 Å². The quantitative estimate of drug-likeness (QED) is 0.680. The van der Waals surface area contributed by atoms with Crippen LogP contribution in [0, 0.1) is 0 Å². The van der Waals surface area contributed by atoms with Crippen LogP contribution in [0.15, 0.2) is 53.5 Å². The summed E-state index contributed by atoms with van der Waals surface area (Å²) in [7, 11) is 0. The van der Waals surface area contributed by atoms with Gasteiger partial charge in [-0.2, -0.15) is 4.99 Å². The number of isocyanates is 1. The monoisotopic (exact) mass is 301 g/mol. The molecule has 1 N–H and O–H groups in total. The Morgan fingerprint density at radius 1 is 1.19 bits per heavy atom. The third kappa shape index (κ3) is 4.02. The second-order valence-electron chi connectivity index (χ2n) is 4.49. The average Bonchev–Trinajstić information content (AvgIpc) is 2.47. The van der Waals surface area contributed by atoms with Gasteiger partial charge in [0, 0.05) is 11.4 Å². The number of aliphatic imine (C=N–C) groups is 1. The smallest absolute Gasteiger partial charge is 0.329 e. The fourth-order valence-corrected chi connectivity index (χ4v) is 2.17. The standard InChI is InChI=1S/C16H12ClNO3/c17-14-3-1-2-13(9-14)12-6-4-11(5-7-12)8-15(16(20)21)18-10-19/h1-7,9,15H,8H2,(H,20,21). The Kier molecular flexibility index (Phi) is 4.88. The minimum atomic E-state index is -1.14. The van der Waals surface area contributed by atoms with Gasteiger partial charge in [-0.3, -0.25) is 0 Å². The predicted octanol–water partition coefficient (Wildman–Crippen LogP) is 3.34. The highest BCUT2D eigenvalue weighted by Gasteiger charge is 2.16. The SMILES string of the molecule is O=C=NC(Cc1ccc(-c2cccc(Cl)c2)cc1)C(=O)O. The lowest BCUT2D eigenvalue weighted by Gasteiger charge is -2.07. The van der Waals surface area contributed by atoms with Gasteiger partial charge in [0.2, 0.25) is 6.08 Å². The molecule has 0 aliphatic heterocycles. The normalized spacial score (nSPS) is 11.5. The van der Waals surface area contributed by atoms with Crippen LogP contribution < -0.4 is 0 Å². The summed E-state index contributed by atoms with van der Waals surface area (Å²) in [6.07, 6.45) is 1.45. The Morgan fingerprint density at radius 3 is 2.48 bits per heavy atom. The molecular formula is C16H12ClNO3. The summed E-state index contributed by atoms with van der Waals surface area (Å²) in [4.78, 5) is 24.4. The number of hydrogen-bond donors (Lipinski definition) is 1. The van der Waals surface area contributed by atoms with E-state index in [1.165, 1.54) is 6.08 Å². The molecule has 0 amide bonds. The third-order valence-electron chi connectivity index (χ3n) is 3.03. The molecule has 4 nitrogen and oxygen atoms in total. The van der Waals surface area contributed by atoms with Crippen LogP contribution in [0.1, 0.15) is 5.56 Å². The molecule has 2 aromatic rings. The summed E-state index contributed by atoms with van der Waals surface area (Å²) in [5.41, 5.74) is 2.74. The van der Waals surface area contributed by atoms with Crippen molar-refractivity contribution in [2.75, 3.05) is 0 Å². The summed E-state index contributed by atoms with van der Waals surface area (Å²) in [5, 5.41) is 9.60. The first-order valence-corrected chi connectivity index (χ1v) is 6.62. The van der Waals surface area contributed by atoms with Crippen LogP contribution >= 0.6 is 11.6 Å². The fraction of sp³-hybridized carbons (Fsp3) is 0.125. The van der Waals surface area contributed by atoms with Crippen LogP contribution in [-0.4, -0.2) is 23.2 Å². The molecular weight excluding hydrogens is 290 g/mol. The van der Waals surface area contributed by atoms with E-state index in [0.29, 0.717) is 5.02 Å². The van der Waals surface area contributed by atoms with Gasteiger partial charge in [-0.25, -0.2) is 9.59 Å². The molecule has 2 aromatic carbocycles. The van der Waals surface area contributed by atoms with Gasteiger partial charge < -0.3 is 5.11 Å². The van der Waals surface area contributed by atoms with E-state index in [-0.39, 0.29) is 6.42 Å². The van der Waals surface area contributed by atoms with E-state index in [4.69, 9.17) is 16.7 Å². The van der Waals surface area contributed by atoms with E-state index in [1.807, 2.05) is 42.5 Å². The van der Waals surface area contributed by atoms with Crippen LogP contribution in [0.2, 0.25) is 5.02 Å². The van der Waals surface area contributed by atoms with Gasteiger partial charge in [-0.05, 0) is 28.8 Å². The van der Waals surface area contributed by atoms with Crippen LogP contribution in [0.25, 0.3) is 11.1 Å². The molecule has 21 heavy (non-hydrogen) atoms. The maximum Gasteiger partial charge on any atom is 0.329 e. The summed E-state index contributed by atoms with van der Waals surface area (Å²) < 4.78 is 0. The molecule has 0 saturated carbocycles. The lowest BCUT2D eigenvalue weighted by Crippen LogP contribution is -2.20. The Hall–Kier alpha value is -2.42. The molecule has 0 radical (unpaired) electrons. The number of carboxylic acids is 1. The summed E-state index contributed by atoms with van der Waals surface area (Å²) in [6, 6.07) is 13.7. The van der Waals surface area contributed by atoms with Gasteiger partial charge in [0.25, 0.3) is 0 Å². The van der Waals surface area contributed by atoms with E-state index in [0.717, 1.165) is 16.7 Å². The first-order chi connectivity index (χ1) is 10.1. The number of nitrogens with zero attached hydrogens (tertiary/aromatic N) is 1. The second kappa shape index (κ2) is 6.84. The Morgan fingerprint density at radius 2 is 1.90 bits per heavy atom. The molecule has 0 saturated heterocycles. The van der Waals surface area contributed by atoms with Crippen molar-refractivity contribution in [3.05, 3.63) is 59.1 Å². The highest BCUT2D eigenvalue weighted by Crippen LogP contribution is 2.23. The van der Waals surface area contributed by atoms with Crippen molar-refractivity contribution >= 4 is 23.7 Å². The number of hydrogen-bond acceptors (Lipinski definition) is 3. The zero-order chi connectivity index (χ0) is 15.2. The Labute approximate surface area is 126 Å². The number of aliphatic carboxylic acids is 1. The van der Waals surface area contributed by atoms with Gasteiger partial charge >= 0.3 is 5.97 Å². The average molecular weight is 302 g/mol. The molecule has 0 aliphatic rings. The zero-order valence-electron chi connectivity index (χ0n) is 11.0. The van der Waals surface area contributed by atoms with Gasteiger partial charge in [0.05, 0.1) is 0 Å². The van der Waals surface area contributed by atoms with Crippen LogP contribution in [-0.2, 0) is 16.0 Å². The van der Waals surface area contributed by atoms with E-state index in [1.54, 1.807) is 6.07 Å². The lowest BCUT2D eigenvalue weighted by molar-refractivity contribution is -0.138. The van der Waals surface area contributed by atoms with Gasteiger partial charge in [-0.1, -0.05) is 48.0 Å². The molecule has 1 atom stereocenters. The van der Waals surface area contributed by atoms with Gasteiger partial charge in [0.1, 0.15) is 0 Å². The minimum absolute atomic E-state index is 0.153. The van der Waals surface area contributed by atoms with Gasteiger partial charge in [-0.15, -0.1) is 0 Å². The molecule has 0 bridgehead atoms. The lowest BCUT2D eigenvalue weighted by atomic mass is 10.0. The molecule has 106 valence electrons. The summed E-state index contributed by atoms with van der Waals surface area (Å²) in [6.45, 7) is 0. The molecule has 0 aromatic heterocycles. The topological polar surface area (TPSA) is 66.7 Å². The summed E-state index contributed by atoms with van der Waals surface area (Å²) in [5.74, 6) is -1.14. The number of carbonyl (C=O) groups is 1. The van der Waals surface area contributed by atoms with E-state index < -0.39 is 12.0 Å². The van der Waals surface area contributed by atoms with E-state index >= 15 is 0 Å². The maximum atomic E-state index is 10.9. The Bertz CT molecular complexity index is 689. The molecule has 5 heteroatoms. The number of benzene rings is 2. The van der Waals surface area contributed by atoms with Gasteiger partial charge in [0.15, 0.2) is 6.04 Å². The van der Waals surface area contributed by atoms with Crippen molar-refractivity contribution in [3.63, 3.8) is 0 Å². The van der Waals surface area contributed by atoms with Crippen molar-refractivity contribution in [3.8, 4) is 11.1 Å². The van der Waals surface area contributed by atoms with E-state index in [9.17, 15) is 9.59 Å². The van der Waals surface area contributed by atoms with Crippen molar-refractivity contribution in [2.45, 2.75) is 12.5 Å². The number of carboxylic acid groups (broad SMARTS) is 1. The molecule has 0 fully saturated rings. The third-order valence-corrected chi connectivity index (χ3v) is 3.27. The first kappa shape index (κ1) is 15.0. The largest absolute Gasteiger partial charge is 0.480 e. The molecule has 0 aliphatic carbocycles. The van der Waals surface area contributed by atoms with Crippen molar-refractivity contribution in [2.24, 2.45) is 4.99 Å². The van der Waals surface area contributed by atoms with Crippen LogP contribution in [0.3, 0.4) is 0 Å². The Balaban J connectivity index is 2.19. The highest BCUT2D eigenvalue weighted by atomic mass is 35.5. The molecule has 1 unspecified atom stereocenters. The predicted molar refractivity (Wildman–Crippen MR) is 80.1 cm³/mol. The first-order valence-electron chi connectivity index (χ1n) is 6.25. The van der Waals surface area contributed by atoms with Crippen molar-refractivity contribution in [1.82, 2.24) is 0 Å². The number of carbonyl (C=O) groups excluding carboxylic acids is 1. The van der Waals surface area contributed by atoms with Crippen molar-refractivity contribution in [1.29, 1.82) is 0 Å². The molecule has 0 spiro atoms. The molecule has 2 rings (SSSR count). The minimum Gasteiger partial charge on any atom is -0.480 e. The zero-order valence-corrected chi connectivity index (χ0v) is 11.7. The maximum absolute atomic E-state index is 10.9. The number of halogens is 1. The second-order valence-corrected chi connectivity index (χ2v) is 4.92. The highest BCUT2D eigenvalue weighted by molar-refractivity contribution is 6.30. The fourth-order valence-electron chi connectivity index (χ4n) is 1.98.